The summed E-state index contributed by atoms with van der Waals surface area (Å²) in [6.07, 6.45) is 3.29. The van der Waals surface area contributed by atoms with Gasteiger partial charge in [0, 0.05) is 18.7 Å². The van der Waals surface area contributed by atoms with Gasteiger partial charge in [0.15, 0.2) is 5.82 Å². The summed E-state index contributed by atoms with van der Waals surface area (Å²) < 4.78 is 47.1. The number of carbonyl (C=O) groups excluding carboxylic acids is 2. The van der Waals surface area contributed by atoms with E-state index in [0.717, 1.165) is 54.3 Å². The zero-order valence-electron chi connectivity index (χ0n) is 24.0. The molecule has 1 aliphatic carbocycles. The first kappa shape index (κ1) is 31.8. The van der Waals surface area contributed by atoms with Crippen molar-refractivity contribution >= 4 is 34.1 Å². The quantitative estimate of drug-likeness (QED) is 0.171. The van der Waals surface area contributed by atoms with Crippen LogP contribution in [0.2, 0.25) is 0 Å². The van der Waals surface area contributed by atoms with E-state index in [1.165, 1.54) is 29.9 Å². The van der Waals surface area contributed by atoms with E-state index in [9.17, 15) is 22.8 Å². The Hall–Kier alpha value is -4.66. The summed E-state index contributed by atoms with van der Waals surface area (Å²) in [5.74, 6) is -0.107. The van der Waals surface area contributed by atoms with Crippen molar-refractivity contribution in [2.75, 3.05) is 10.6 Å². The molecule has 0 atom stereocenters. The van der Waals surface area contributed by atoms with Crippen LogP contribution in [0.4, 0.5) is 24.1 Å². The molecule has 3 heterocycles. The minimum Gasteiger partial charge on any atom is -0.490 e. The molecule has 11 nitrogen and oxygen atoms in total. The van der Waals surface area contributed by atoms with Gasteiger partial charge in [-0.25, -0.2) is 0 Å². The Labute approximate surface area is 260 Å². The SMILES string of the molecule is O=C(Cc1cccc(OC(F)(F)F)c1)Nc1ccc(CCCCc2nnc(NC(=O)Cc3cc(OC4CCC4)ccn3)s2)nn1. The van der Waals surface area contributed by atoms with Gasteiger partial charge in [-0.3, -0.25) is 14.6 Å². The van der Waals surface area contributed by atoms with Crippen molar-refractivity contribution in [1.29, 1.82) is 0 Å². The van der Waals surface area contributed by atoms with E-state index in [1.54, 1.807) is 30.5 Å². The monoisotopic (exact) mass is 641 g/mol. The third kappa shape index (κ3) is 10.5. The molecule has 3 aromatic heterocycles. The Morgan fingerprint density at radius 3 is 2.44 bits per heavy atom. The van der Waals surface area contributed by atoms with E-state index < -0.39 is 18.0 Å². The molecule has 0 unspecified atom stereocenters. The van der Waals surface area contributed by atoms with Crippen LogP contribution in [0.25, 0.3) is 0 Å². The molecular weight excluding hydrogens is 611 g/mol. The number of unbranched alkanes of at least 4 members (excludes halogenated alkanes) is 1. The van der Waals surface area contributed by atoms with Crippen molar-refractivity contribution in [2.24, 2.45) is 0 Å². The average Bonchev–Trinajstić information content (AvgIpc) is 3.40. The molecule has 1 fully saturated rings. The summed E-state index contributed by atoms with van der Waals surface area (Å²) in [5.41, 5.74) is 1.72. The number of aromatic nitrogens is 5. The number of carbonyl (C=O) groups is 2. The molecule has 45 heavy (non-hydrogen) atoms. The van der Waals surface area contributed by atoms with Crippen molar-refractivity contribution in [3.63, 3.8) is 0 Å². The summed E-state index contributed by atoms with van der Waals surface area (Å²) in [6.45, 7) is 0. The largest absolute Gasteiger partial charge is 0.573 e. The van der Waals surface area contributed by atoms with Gasteiger partial charge in [0.05, 0.1) is 30.3 Å². The fourth-order valence-electron chi connectivity index (χ4n) is 4.41. The molecule has 0 spiro atoms. The van der Waals surface area contributed by atoms with Gasteiger partial charge in [-0.15, -0.1) is 28.5 Å². The normalized spacial score (nSPS) is 13.1. The van der Waals surface area contributed by atoms with Crippen molar-refractivity contribution < 1.29 is 32.2 Å². The first-order valence-corrected chi connectivity index (χ1v) is 15.2. The fourth-order valence-corrected chi connectivity index (χ4v) is 5.21. The summed E-state index contributed by atoms with van der Waals surface area (Å²) >= 11 is 1.33. The predicted octanol–water partition coefficient (Wildman–Crippen LogP) is 5.48. The lowest BCUT2D eigenvalue weighted by atomic mass is 9.96. The summed E-state index contributed by atoms with van der Waals surface area (Å²) in [4.78, 5) is 29.1. The second kappa shape index (κ2) is 14.9. The molecular formula is C30H30F3N7O4S. The highest BCUT2D eigenvalue weighted by atomic mass is 32.1. The maximum atomic E-state index is 12.5. The van der Waals surface area contributed by atoms with Crippen LogP contribution in [-0.4, -0.2) is 49.7 Å². The topological polar surface area (TPSA) is 141 Å². The van der Waals surface area contributed by atoms with Gasteiger partial charge in [0.2, 0.25) is 16.9 Å². The maximum Gasteiger partial charge on any atom is 0.573 e. The van der Waals surface area contributed by atoms with Gasteiger partial charge in [0.1, 0.15) is 16.5 Å². The van der Waals surface area contributed by atoms with Crippen molar-refractivity contribution in [1.82, 2.24) is 25.4 Å². The van der Waals surface area contributed by atoms with Crippen LogP contribution >= 0.6 is 11.3 Å². The van der Waals surface area contributed by atoms with Gasteiger partial charge >= 0.3 is 6.36 Å². The number of nitrogens with zero attached hydrogens (tertiary/aromatic N) is 5. The standard InChI is InChI=1S/C30H30F3N7O4S/c31-30(32,33)44-24-9-3-5-19(15-24)16-26(41)35-25-12-11-20(37-38-25)6-1-2-10-28-39-40-29(45-28)36-27(42)18-21-17-23(13-14-34-21)43-22-7-4-8-22/h3,5,9,11-15,17,22H,1-2,4,6-8,10,16,18H2,(H,35,38,41)(H,36,40,42). The van der Waals surface area contributed by atoms with Crippen LogP contribution in [0.1, 0.15) is 54.1 Å². The highest BCUT2D eigenvalue weighted by Gasteiger charge is 2.31. The van der Waals surface area contributed by atoms with Crippen molar-refractivity contribution in [3.05, 3.63) is 76.7 Å². The number of anilines is 2. The lowest BCUT2D eigenvalue weighted by molar-refractivity contribution is -0.274. The van der Waals surface area contributed by atoms with Crippen LogP contribution in [0.15, 0.2) is 54.7 Å². The molecule has 236 valence electrons. The highest BCUT2D eigenvalue weighted by Crippen LogP contribution is 2.26. The number of benzene rings is 1. The molecule has 0 saturated heterocycles. The third-order valence-corrected chi connectivity index (χ3v) is 7.65. The number of hydrogen-bond donors (Lipinski definition) is 2. The molecule has 1 aromatic carbocycles. The van der Waals surface area contributed by atoms with Crippen molar-refractivity contribution in [2.45, 2.75) is 70.3 Å². The Balaban J connectivity index is 0.993. The van der Waals surface area contributed by atoms with E-state index in [2.05, 4.69) is 40.7 Å². The van der Waals surface area contributed by atoms with E-state index >= 15 is 0 Å². The van der Waals surface area contributed by atoms with E-state index in [4.69, 9.17) is 4.74 Å². The lowest BCUT2D eigenvalue weighted by Gasteiger charge is -2.26. The van der Waals surface area contributed by atoms with Crippen LogP contribution in [0.5, 0.6) is 11.5 Å². The van der Waals surface area contributed by atoms with Crippen LogP contribution < -0.4 is 20.1 Å². The van der Waals surface area contributed by atoms with Gasteiger partial charge in [-0.1, -0.05) is 23.5 Å². The molecule has 4 aromatic rings. The zero-order valence-corrected chi connectivity index (χ0v) is 24.9. The Kier molecular flexibility index (Phi) is 10.5. The molecule has 2 amide bonds. The third-order valence-electron chi connectivity index (χ3n) is 6.76. The van der Waals surface area contributed by atoms with Gasteiger partial charge < -0.3 is 20.1 Å². The highest BCUT2D eigenvalue weighted by molar-refractivity contribution is 7.15. The number of rotatable bonds is 14. The lowest BCUT2D eigenvalue weighted by Crippen LogP contribution is -2.24. The van der Waals surface area contributed by atoms with Gasteiger partial charge in [-0.05, 0) is 74.4 Å². The number of halogens is 3. The molecule has 1 aliphatic rings. The molecule has 15 heteroatoms. The van der Waals surface area contributed by atoms with Crippen LogP contribution in [-0.2, 0) is 35.3 Å². The number of amides is 2. The molecule has 1 saturated carbocycles. The van der Waals surface area contributed by atoms with Gasteiger partial charge in [-0.2, -0.15) is 5.10 Å². The number of alkyl halides is 3. The van der Waals surface area contributed by atoms with E-state index in [0.29, 0.717) is 29.2 Å². The summed E-state index contributed by atoms with van der Waals surface area (Å²) in [6, 6.07) is 12.2. The Bertz CT molecular complexity index is 1600. The second-order valence-corrected chi connectivity index (χ2v) is 11.5. The summed E-state index contributed by atoms with van der Waals surface area (Å²) in [7, 11) is 0. The minimum absolute atomic E-state index is 0.106. The Morgan fingerprint density at radius 2 is 1.69 bits per heavy atom. The number of pyridine rings is 1. The fraction of sp³-hybridized carbons (Fsp3) is 0.367. The number of nitrogens with one attached hydrogen (secondary N) is 2. The van der Waals surface area contributed by atoms with Crippen molar-refractivity contribution in [3.8, 4) is 11.5 Å². The van der Waals surface area contributed by atoms with Gasteiger partial charge in [0.25, 0.3) is 0 Å². The molecule has 0 bridgehead atoms. The minimum atomic E-state index is -4.81. The Morgan fingerprint density at radius 1 is 0.867 bits per heavy atom. The van der Waals surface area contributed by atoms with E-state index in [1.807, 2.05) is 0 Å². The zero-order chi connectivity index (χ0) is 31.6. The number of aryl methyl sites for hydroxylation is 2. The van der Waals surface area contributed by atoms with Crippen LogP contribution in [0.3, 0.4) is 0 Å². The van der Waals surface area contributed by atoms with E-state index in [-0.39, 0.29) is 30.7 Å². The average molecular weight is 642 g/mol. The molecule has 0 aliphatic heterocycles. The second-order valence-electron chi connectivity index (χ2n) is 10.4. The summed E-state index contributed by atoms with van der Waals surface area (Å²) in [5, 5.41) is 23.0. The maximum absolute atomic E-state index is 12.5. The molecule has 0 radical (unpaired) electrons. The first-order valence-electron chi connectivity index (χ1n) is 14.4. The van der Waals surface area contributed by atoms with Crippen LogP contribution in [0, 0.1) is 0 Å². The smallest absolute Gasteiger partial charge is 0.490 e. The number of ether oxygens (including phenoxy) is 2. The number of hydrogen-bond acceptors (Lipinski definition) is 10. The molecule has 5 rings (SSSR count). The first-order chi connectivity index (χ1) is 21.7. The molecule has 2 N–H and O–H groups in total. The predicted molar refractivity (Wildman–Crippen MR) is 159 cm³/mol.